The van der Waals surface area contributed by atoms with Crippen molar-refractivity contribution in [3.63, 3.8) is 0 Å². The van der Waals surface area contributed by atoms with Gasteiger partial charge in [-0.15, -0.1) is 11.3 Å². The van der Waals surface area contributed by atoms with Crippen LogP contribution in [0.25, 0.3) is 10.4 Å². The maximum Gasteiger partial charge on any atom is 0.320 e. The standard InChI is InChI=1S/C29H42N4O2S/c1-7-22-8-10-23(11-9-22)26-12-13-27(36-26)28(34)31(6)25-15-17-33(19-25)29(35)32-16-14-24(18-32)30(5)21(4)20(2)3/h8-13,20-21,24-25H,7,14-19H2,1-6H3. The number of carbonyl (C=O) groups excluding carboxylic acids is 2. The summed E-state index contributed by atoms with van der Waals surface area (Å²) in [7, 11) is 4.07. The molecular formula is C29H42N4O2S. The summed E-state index contributed by atoms with van der Waals surface area (Å²) in [4.78, 5) is 36.6. The monoisotopic (exact) mass is 510 g/mol. The van der Waals surface area contributed by atoms with Gasteiger partial charge in [0.1, 0.15) is 0 Å². The molecule has 2 fully saturated rings. The predicted molar refractivity (Wildman–Crippen MR) is 149 cm³/mol. The minimum Gasteiger partial charge on any atom is -0.336 e. The number of amides is 3. The quantitative estimate of drug-likeness (QED) is 0.508. The fourth-order valence-electron chi connectivity index (χ4n) is 5.33. The van der Waals surface area contributed by atoms with Gasteiger partial charge in [-0.25, -0.2) is 4.79 Å². The molecule has 3 heterocycles. The highest BCUT2D eigenvalue weighted by Gasteiger charge is 2.37. The molecule has 36 heavy (non-hydrogen) atoms. The van der Waals surface area contributed by atoms with Crippen LogP contribution >= 0.6 is 11.3 Å². The van der Waals surface area contributed by atoms with Gasteiger partial charge in [0.25, 0.3) is 5.91 Å². The zero-order valence-electron chi connectivity index (χ0n) is 22.7. The largest absolute Gasteiger partial charge is 0.336 e. The molecule has 2 saturated heterocycles. The molecule has 0 aliphatic carbocycles. The lowest BCUT2D eigenvalue weighted by Crippen LogP contribution is -2.46. The summed E-state index contributed by atoms with van der Waals surface area (Å²) >= 11 is 1.54. The van der Waals surface area contributed by atoms with Crippen LogP contribution in [-0.4, -0.2) is 89.9 Å². The Labute approximate surface area is 220 Å². The summed E-state index contributed by atoms with van der Waals surface area (Å²) in [6, 6.07) is 13.6. The van der Waals surface area contributed by atoms with Crippen molar-refractivity contribution >= 4 is 23.3 Å². The van der Waals surface area contributed by atoms with E-state index in [9.17, 15) is 9.59 Å². The van der Waals surface area contributed by atoms with Crippen LogP contribution < -0.4 is 0 Å². The number of aryl methyl sites for hydroxylation is 1. The van der Waals surface area contributed by atoms with Gasteiger partial charge in [-0.1, -0.05) is 45.0 Å². The number of hydrogen-bond donors (Lipinski definition) is 0. The van der Waals surface area contributed by atoms with Crippen molar-refractivity contribution in [1.29, 1.82) is 0 Å². The van der Waals surface area contributed by atoms with Crippen LogP contribution in [0.15, 0.2) is 36.4 Å². The van der Waals surface area contributed by atoms with Crippen molar-refractivity contribution in [2.24, 2.45) is 5.92 Å². The van der Waals surface area contributed by atoms with Crippen LogP contribution in [0.4, 0.5) is 4.79 Å². The summed E-state index contributed by atoms with van der Waals surface area (Å²) in [6.45, 7) is 11.8. The number of carbonyl (C=O) groups is 2. The van der Waals surface area contributed by atoms with Gasteiger partial charge in [0.2, 0.25) is 0 Å². The average Bonchev–Trinajstić information content (AvgIpc) is 3.67. The van der Waals surface area contributed by atoms with Gasteiger partial charge >= 0.3 is 6.03 Å². The van der Waals surface area contributed by atoms with Gasteiger partial charge < -0.3 is 14.7 Å². The highest BCUT2D eigenvalue weighted by Crippen LogP contribution is 2.30. The highest BCUT2D eigenvalue weighted by molar-refractivity contribution is 7.17. The Morgan fingerprint density at radius 2 is 1.56 bits per heavy atom. The zero-order chi connectivity index (χ0) is 26.0. The van der Waals surface area contributed by atoms with Crippen molar-refractivity contribution in [2.75, 3.05) is 40.3 Å². The SMILES string of the molecule is CCc1ccc(-c2ccc(C(=O)N(C)C3CCN(C(=O)N4CCC(N(C)C(C)C(C)C)C4)C3)s2)cc1. The van der Waals surface area contributed by atoms with E-state index in [1.54, 1.807) is 11.3 Å². The summed E-state index contributed by atoms with van der Waals surface area (Å²) in [5, 5.41) is 0. The van der Waals surface area contributed by atoms with Gasteiger partial charge in [-0.3, -0.25) is 9.69 Å². The first-order chi connectivity index (χ1) is 17.2. The van der Waals surface area contributed by atoms with E-state index in [0.717, 1.165) is 47.7 Å². The van der Waals surface area contributed by atoms with E-state index in [1.807, 2.05) is 33.9 Å². The number of hydrogen-bond acceptors (Lipinski definition) is 4. The normalized spacial score (nSPS) is 21.0. The molecule has 7 heteroatoms. The second kappa shape index (κ2) is 11.3. The van der Waals surface area contributed by atoms with E-state index < -0.39 is 0 Å². The highest BCUT2D eigenvalue weighted by atomic mass is 32.1. The second-order valence-electron chi connectivity index (χ2n) is 10.8. The number of likely N-dealkylation sites (tertiary alicyclic amines) is 2. The molecular weight excluding hydrogens is 468 g/mol. The van der Waals surface area contributed by atoms with Crippen LogP contribution in [0, 0.1) is 5.92 Å². The lowest BCUT2D eigenvalue weighted by Gasteiger charge is -2.33. The third kappa shape index (κ3) is 5.62. The van der Waals surface area contributed by atoms with E-state index >= 15 is 0 Å². The average molecular weight is 511 g/mol. The Morgan fingerprint density at radius 1 is 0.944 bits per heavy atom. The maximum absolute atomic E-state index is 13.3. The summed E-state index contributed by atoms with van der Waals surface area (Å²) in [5.41, 5.74) is 2.46. The molecule has 2 aliphatic rings. The van der Waals surface area contributed by atoms with Crippen molar-refractivity contribution in [3.8, 4) is 10.4 Å². The number of nitrogens with zero attached hydrogens (tertiary/aromatic N) is 4. The first kappa shape index (κ1) is 26.7. The summed E-state index contributed by atoms with van der Waals surface area (Å²) in [6.07, 6.45) is 2.87. The molecule has 3 unspecified atom stereocenters. The van der Waals surface area contributed by atoms with Gasteiger partial charge in [0.05, 0.1) is 10.9 Å². The first-order valence-electron chi connectivity index (χ1n) is 13.4. The molecule has 4 rings (SSSR count). The van der Waals surface area contributed by atoms with Crippen molar-refractivity contribution in [3.05, 3.63) is 46.8 Å². The molecule has 1 aromatic heterocycles. The fourth-order valence-corrected chi connectivity index (χ4v) is 6.33. The number of rotatable bonds is 7. The lowest BCUT2D eigenvalue weighted by molar-refractivity contribution is 0.0739. The molecule has 0 N–H and O–H groups in total. The molecule has 2 aliphatic heterocycles. The Hall–Kier alpha value is -2.38. The molecule has 0 radical (unpaired) electrons. The number of benzene rings is 1. The number of thiophene rings is 1. The first-order valence-corrected chi connectivity index (χ1v) is 14.2. The predicted octanol–water partition coefficient (Wildman–Crippen LogP) is 5.29. The minimum atomic E-state index is 0.0428. The molecule has 1 aromatic carbocycles. The van der Waals surface area contributed by atoms with E-state index in [4.69, 9.17) is 0 Å². The van der Waals surface area contributed by atoms with E-state index in [1.165, 1.54) is 5.56 Å². The third-order valence-corrected chi connectivity index (χ3v) is 9.50. The molecule has 0 saturated carbocycles. The number of likely N-dealkylation sites (N-methyl/N-ethyl adjacent to an activating group) is 2. The van der Waals surface area contributed by atoms with Crippen molar-refractivity contribution < 1.29 is 9.59 Å². The van der Waals surface area contributed by atoms with Crippen molar-refractivity contribution in [2.45, 2.75) is 65.1 Å². The Bertz CT molecular complexity index is 1050. The van der Waals surface area contributed by atoms with E-state index in [-0.39, 0.29) is 18.0 Å². The maximum atomic E-state index is 13.3. The van der Waals surface area contributed by atoms with Crippen LogP contribution in [0.3, 0.4) is 0 Å². The van der Waals surface area contributed by atoms with Gasteiger partial charge in [0.15, 0.2) is 0 Å². The Balaban J connectivity index is 1.32. The summed E-state index contributed by atoms with van der Waals surface area (Å²) < 4.78 is 0. The number of urea groups is 1. The molecule has 3 atom stereocenters. The van der Waals surface area contributed by atoms with Crippen LogP contribution in [0.1, 0.15) is 55.8 Å². The molecule has 0 spiro atoms. The smallest absolute Gasteiger partial charge is 0.320 e. The lowest BCUT2D eigenvalue weighted by atomic mass is 10.0. The van der Waals surface area contributed by atoms with Crippen LogP contribution in [0.2, 0.25) is 0 Å². The van der Waals surface area contributed by atoms with Gasteiger partial charge in [0, 0.05) is 50.2 Å². The molecule has 3 amide bonds. The van der Waals surface area contributed by atoms with E-state index in [0.29, 0.717) is 31.1 Å². The fraction of sp³-hybridized carbons (Fsp3) is 0.586. The molecule has 2 aromatic rings. The van der Waals surface area contributed by atoms with Crippen molar-refractivity contribution in [1.82, 2.24) is 19.6 Å². The molecule has 196 valence electrons. The van der Waals surface area contributed by atoms with Gasteiger partial charge in [-0.05, 0) is 62.4 Å². The minimum absolute atomic E-state index is 0.0428. The Kier molecular flexibility index (Phi) is 8.41. The van der Waals surface area contributed by atoms with Crippen LogP contribution in [0.5, 0.6) is 0 Å². The second-order valence-corrected chi connectivity index (χ2v) is 11.9. The third-order valence-electron chi connectivity index (χ3n) is 8.38. The van der Waals surface area contributed by atoms with Gasteiger partial charge in [-0.2, -0.15) is 0 Å². The van der Waals surface area contributed by atoms with E-state index in [2.05, 4.69) is 63.9 Å². The topological polar surface area (TPSA) is 47.1 Å². The zero-order valence-corrected chi connectivity index (χ0v) is 23.6. The van der Waals surface area contributed by atoms with Crippen LogP contribution in [-0.2, 0) is 6.42 Å². The Morgan fingerprint density at radius 3 is 2.17 bits per heavy atom. The summed E-state index contributed by atoms with van der Waals surface area (Å²) in [5.74, 6) is 0.634. The molecule has 6 nitrogen and oxygen atoms in total. The molecule has 0 bridgehead atoms.